The monoisotopic (exact) mass is 342 g/mol. The fourth-order valence-corrected chi connectivity index (χ4v) is 1.97. The summed E-state index contributed by atoms with van der Waals surface area (Å²) in [6, 6.07) is 9.66. The molecule has 0 atom stereocenters. The van der Waals surface area contributed by atoms with Crippen LogP contribution in [0.25, 0.3) is 6.08 Å². The van der Waals surface area contributed by atoms with Gasteiger partial charge in [0.05, 0.1) is 4.92 Å². The van der Waals surface area contributed by atoms with Gasteiger partial charge in [0.15, 0.2) is 5.11 Å². The van der Waals surface area contributed by atoms with Gasteiger partial charge in [-0.25, -0.2) is 0 Å². The molecule has 0 aliphatic rings. The van der Waals surface area contributed by atoms with Crippen LogP contribution in [0.4, 0.5) is 5.69 Å². The van der Waals surface area contributed by atoms with Crippen LogP contribution in [0.3, 0.4) is 0 Å². The van der Waals surface area contributed by atoms with Gasteiger partial charge in [-0.05, 0) is 35.5 Å². The maximum atomic E-state index is 11.8. The lowest BCUT2D eigenvalue weighted by Gasteiger charge is -2.07. The fraction of sp³-hybridized carbons (Fsp3) is 0.0625. The highest BCUT2D eigenvalue weighted by atomic mass is 32.1. The number of nitro benzene ring substituents is 1. The Kier molecular flexibility index (Phi) is 6.09. The van der Waals surface area contributed by atoms with Crippen LogP contribution in [-0.4, -0.2) is 20.9 Å². The minimum absolute atomic E-state index is 0.0359. The van der Waals surface area contributed by atoms with E-state index < -0.39 is 10.8 Å². The predicted molar refractivity (Wildman–Crippen MR) is 93.9 cm³/mol. The SMILES string of the molecule is O=C(C=Cc1cccc([N+](=O)[O-])c1)NC(=S)NCc1cccnc1. The summed E-state index contributed by atoms with van der Waals surface area (Å²) in [5.74, 6) is -0.426. The maximum absolute atomic E-state index is 11.8. The number of benzene rings is 1. The third-order valence-corrected chi connectivity index (χ3v) is 3.17. The third-order valence-electron chi connectivity index (χ3n) is 2.92. The Balaban J connectivity index is 1.85. The van der Waals surface area contributed by atoms with Crippen molar-refractivity contribution in [3.8, 4) is 0 Å². The van der Waals surface area contributed by atoms with Gasteiger partial charge in [-0.2, -0.15) is 0 Å². The first-order valence-corrected chi connectivity index (χ1v) is 7.35. The van der Waals surface area contributed by atoms with Crippen LogP contribution < -0.4 is 10.6 Å². The molecule has 122 valence electrons. The number of non-ortho nitro benzene ring substituents is 1. The third kappa shape index (κ3) is 5.58. The summed E-state index contributed by atoms with van der Waals surface area (Å²) in [5, 5.41) is 16.3. The number of hydrogen-bond acceptors (Lipinski definition) is 5. The molecule has 1 aromatic carbocycles. The Morgan fingerprint density at radius 1 is 1.33 bits per heavy atom. The van der Waals surface area contributed by atoms with Crippen LogP contribution in [0.2, 0.25) is 0 Å². The van der Waals surface area contributed by atoms with E-state index in [1.807, 2.05) is 6.07 Å². The zero-order valence-corrected chi connectivity index (χ0v) is 13.3. The average Bonchev–Trinajstić information content (AvgIpc) is 2.59. The quantitative estimate of drug-likeness (QED) is 0.374. The molecule has 0 bridgehead atoms. The first-order chi connectivity index (χ1) is 11.5. The van der Waals surface area contributed by atoms with E-state index in [0.717, 1.165) is 5.56 Å². The van der Waals surface area contributed by atoms with Crippen LogP contribution in [0.15, 0.2) is 54.9 Å². The second-order valence-corrected chi connectivity index (χ2v) is 5.13. The van der Waals surface area contributed by atoms with Crippen LogP contribution in [0, 0.1) is 10.1 Å². The van der Waals surface area contributed by atoms with E-state index in [0.29, 0.717) is 12.1 Å². The number of rotatable bonds is 5. The molecule has 1 amide bonds. The summed E-state index contributed by atoms with van der Waals surface area (Å²) in [4.78, 5) is 26.0. The van der Waals surface area contributed by atoms with Crippen molar-refractivity contribution in [3.63, 3.8) is 0 Å². The van der Waals surface area contributed by atoms with Crippen molar-refractivity contribution < 1.29 is 9.72 Å². The number of aromatic nitrogens is 1. The number of pyridine rings is 1. The summed E-state index contributed by atoms with van der Waals surface area (Å²) in [5.41, 5.74) is 1.45. The highest BCUT2D eigenvalue weighted by Gasteiger charge is 2.05. The van der Waals surface area contributed by atoms with Gasteiger partial charge < -0.3 is 5.32 Å². The molecule has 7 nitrogen and oxygen atoms in total. The molecule has 1 heterocycles. The van der Waals surface area contributed by atoms with Crippen LogP contribution in [-0.2, 0) is 11.3 Å². The second kappa shape index (κ2) is 8.49. The lowest BCUT2D eigenvalue weighted by molar-refractivity contribution is -0.384. The average molecular weight is 342 g/mol. The topological polar surface area (TPSA) is 97.2 Å². The highest BCUT2D eigenvalue weighted by molar-refractivity contribution is 7.80. The molecule has 0 radical (unpaired) electrons. The van der Waals surface area contributed by atoms with Crippen molar-refractivity contribution in [1.82, 2.24) is 15.6 Å². The molecule has 8 heteroatoms. The zero-order chi connectivity index (χ0) is 17.4. The molecule has 2 aromatic rings. The van der Waals surface area contributed by atoms with Gasteiger partial charge in [0.1, 0.15) is 0 Å². The Hall–Kier alpha value is -3.13. The highest BCUT2D eigenvalue weighted by Crippen LogP contribution is 2.13. The number of thiocarbonyl (C=S) groups is 1. The van der Waals surface area contributed by atoms with Crippen LogP contribution in [0.1, 0.15) is 11.1 Å². The summed E-state index contributed by atoms with van der Waals surface area (Å²) in [7, 11) is 0. The minimum atomic E-state index is -0.491. The Bertz CT molecular complexity index is 778. The van der Waals surface area contributed by atoms with E-state index in [1.54, 1.807) is 30.6 Å². The molecule has 0 unspecified atom stereocenters. The number of nitro groups is 1. The van der Waals surface area contributed by atoms with Crippen LogP contribution >= 0.6 is 12.2 Å². The zero-order valence-electron chi connectivity index (χ0n) is 12.5. The molecule has 0 aliphatic carbocycles. The lowest BCUT2D eigenvalue weighted by atomic mass is 10.2. The summed E-state index contributed by atoms with van der Waals surface area (Å²) >= 11 is 5.03. The van der Waals surface area contributed by atoms with E-state index in [1.165, 1.54) is 24.3 Å². The molecular weight excluding hydrogens is 328 g/mol. The molecule has 0 fully saturated rings. The number of carbonyl (C=O) groups is 1. The Morgan fingerprint density at radius 3 is 2.88 bits per heavy atom. The van der Waals surface area contributed by atoms with Crippen molar-refractivity contribution in [2.45, 2.75) is 6.54 Å². The van der Waals surface area contributed by atoms with E-state index in [2.05, 4.69) is 15.6 Å². The molecule has 0 aliphatic heterocycles. The van der Waals surface area contributed by atoms with Crippen molar-refractivity contribution in [3.05, 3.63) is 76.1 Å². The van der Waals surface area contributed by atoms with E-state index in [4.69, 9.17) is 12.2 Å². The Morgan fingerprint density at radius 2 is 2.17 bits per heavy atom. The normalized spacial score (nSPS) is 10.3. The second-order valence-electron chi connectivity index (χ2n) is 4.72. The number of hydrogen-bond donors (Lipinski definition) is 2. The molecule has 0 saturated heterocycles. The molecule has 2 N–H and O–H groups in total. The summed E-state index contributed by atoms with van der Waals surface area (Å²) in [6.07, 6.45) is 6.10. The largest absolute Gasteiger partial charge is 0.358 e. The van der Waals surface area contributed by atoms with E-state index in [9.17, 15) is 14.9 Å². The lowest BCUT2D eigenvalue weighted by Crippen LogP contribution is -2.37. The molecule has 2 rings (SSSR count). The first-order valence-electron chi connectivity index (χ1n) is 6.95. The standard InChI is InChI=1S/C16H14N4O3S/c21-15(7-6-12-3-1-5-14(9-12)20(22)23)19-16(24)18-11-13-4-2-8-17-10-13/h1-10H,11H2,(H2,18,19,21,24). The van der Waals surface area contributed by atoms with Gasteiger partial charge in [0, 0.05) is 37.1 Å². The number of nitrogens with one attached hydrogen (secondary N) is 2. The van der Waals surface area contributed by atoms with Gasteiger partial charge >= 0.3 is 0 Å². The molecule has 0 spiro atoms. The smallest absolute Gasteiger partial charge is 0.270 e. The van der Waals surface area contributed by atoms with E-state index in [-0.39, 0.29) is 10.8 Å². The van der Waals surface area contributed by atoms with Crippen molar-refractivity contribution >= 4 is 35.0 Å². The summed E-state index contributed by atoms with van der Waals surface area (Å²) in [6.45, 7) is 0.446. The van der Waals surface area contributed by atoms with Crippen LogP contribution in [0.5, 0.6) is 0 Å². The molecule has 1 aromatic heterocycles. The predicted octanol–water partition coefficient (Wildman–Crippen LogP) is 2.19. The van der Waals surface area contributed by atoms with Gasteiger partial charge in [-0.1, -0.05) is 18.2 Å². The maximum Gasteiger partial charge on any atom is 0.270 e. The number of carbonyl (C=O) groups excluding carboxylic acids is 1. The summed E-state index contributed by atoms with van der Waals surface area (Å²) < 4.78 is 0. The van der Waals surface area contributed by atoms with Crippen molar-refractivity contribution in [2.75, 3.05) is 0 Å². The van der Waals surface area contributed by atoms with Gasteiger partial charge in [0.25, 0.3) is 5.69 Å². The van der Waals surface area contributed by atoms with Crippen molar-refractivity contribution in [2.24, 2.45) is 0 Å². The number of amides is 1. The van der Waals surface area contributed by atoms with Gasteiger partial charge in [-0.3, -0.25) is 25.2 Å². The molecule has 0 saturated carbocycles. The molecule has 24 heavy (non-hydrogen) atoms. The minimum Gasteiger partial charge on any atom is -0.358 e. The van der Waals surface area contributed by atoms with E-state index >= 15 is 0 Å². The van der Waals surface area contributed by atoms with Gasteiger partial charge in [0.2, 0.25) is 5.91 Å². The van der Waals surface area contributed by atoms with Gasteiger partial charge in [-0.15, -0.1) is 0 Å². The number of nitrogens with zero attached hydrogens (tertiary/aromatic N) is 2. The fourth-order valence-electron chi connectivity index (χ4n) is 1.80. The Labute approximate surface area is 143 Å². The molecular formula is C16H14N4O3S. The first kappa shape index (κ1) is 17.2. The van der Waals surface area contributed by atoms with Crippen molar-refractivity contribution in [1.29, 1.82) is 0 Å².